The zero-order valence-corrected chi connectivity index (χ0v) is 7.83. The normalized spacial score (nSPS) is 31.5. The third-order valence-electron chi connectivity index (χ3n) is 2.42. The molecule has 1 aliphatic heterocycles. The van der Waals surface area contributed by atoms with Crippen LogP contribution in [0, 0.1) is 0 Å². The van der Waals surface area contributed by atoms with E-state index in [1.165, 1.54) is 0 Å². The quantitative estimate of drug-likeness (QED) is 0.669. The highest BCUT2D eigenvalue weighted by Gasteiger charge is 2.29. The number of hydrogen-bond donors (Lipinski definition) is 2. The monoisotopic (exact) mass is 174 g/mol. The highest BCUT2D eigenvalue weighted by Crippen LogP contribution is 2.23. The summed E-state index contributed by atoms with van der Waals surface area (Å²) in [6.45, 7) is 5.18. The van der Waals surface area contributed by atoms with Crippen LogP contribution in [0.15, 0.2) is 0 Å². The Kier molecular flexibility index (Phi) is 3.95. The molecule has 1 fully saturated rings. The van der Waals surface area contributed by atoms with Crippen LogP contribution in [0.25, 0.3) is 0 Å². The van der Waals surface area contributed by atoms with Gasteiger partial charge < -0.3 is 10.6 Å². The van der Waals surface area contributed by atoms with Crippen LogP contribution in [0.1, 0.15) is 26.2 Å². The average molecular weight is 174 g/mol. The molecule has 1 aliphatic rings. The van der Waals surface area contributed by atoms with Crippen molar-refractivity contribution in [3.05, 3.63) is 0 Å². The van der Waals surface area contributed by atoms with E-state index >= 15 is 0 Å². The minimum absolute atomic E-state index is 0.519. The highest BCUT2D eigenvalue weighted by atomic mass is 19.1. The molecule has 2 N–H and O–H groups in total. The van der Waals surface area contributed by atoms with Gasteiger partial charge in [0, 0.05) is 6.54 Å². The second kappa shape index (κ2) is 4.77. The molecule has 0 aromatic rings. The van der Waals surface area contributed by atoms with Crippen LogP contribution in [-0.4, -0.2) is 31.8 Å². The fourth-order valence-corrected chi connectivity index (χ4v) is 1.62. The van der Waals surface area contributed by atoms with Crippen molar-refractivity contribution in [2.24, 2.45) is 0 Å². The molecule has 1 heterocycles. The smallest absolute Gasteiger partial charge is 0.124 e. The van der Waals surface area contributed by atoms with Crippen molar-refractivity contribution in [1.29, 1.82) is 0 Å². The van der Waals surface area contributed by atoms with E-state index < -0.39 is 5.67 Å². The van der Waals surface area contributed by atoms with E-state index in [-0.39, 0.29) is 0 Å². The predicted octanol–water partition coefficient (Wildman–Crippen LogP) is 1.08. The maximum atomic E-state index is 13.9. The number of alkyl halides is 1. The lowest BCUT2D eigenvalue weighted by Gasteiger charge is -2.23. The summed E-state index contributed by atoms with van der Waals surface area (Å²) in [6.07, 6.45) is 2.31. The summed E-state index contributed by atoms with van der Waals surface area (Å²) in [7, 11) is 0. The molecule has 0 bridgehead atoms. The lowest BCUT2D eigenvalue weighted by Crippen LogP contribution is -2.37. The average Bonchev–Trinajstić information content (AvgIpc) is 2.27. The summed E-state index contributed by atoms with van der Waals surface area (Å²) in [5.74, 6) is 0. The van der Waals surface area contributed by atoms with Crippen molar-refractivity contribution in [2.75, 3.05) is 26.2 Å². The molecule has 0 saturated carbocycles. The summed E-state index contributed by atoms with van der Waals surface area (Å²) in [6, 6.07) is 0. The molecular formula is C9H19FN2. The van der Waals surface area contributed by atoms with E-state index in [4.69, 9.17) is 0 Å². The molecule has 0 amide bonds. The van der Waals surface area contributed by atoms with Gasteiger partial charge in [0.25, 0.3) is 0 Å². The van der Waals surface area contributed by atoms with Crippen LogP contribution in [0.2, 0.25) is 0 Å². The van der Waals surface area contributed by atoms with Crippen LogP contribution < -0.4 is 10.6 Å². The maximum absolute atomic E-state index is 13.9. The second-order valence-corrected chi connectivity index (χ2v) is 3.53. The van der Waals surface area contributed by atoms with Crippen LogP contribution in [-0.2, 0) is 0 Å². The second-order valence-electron chi connectivity index (χ2n) is 3.53. The third kappa shape index (κ3) is 3.07. The van der Waals surface area contributed by atoms with E-state index in [1.807, 2.05) is 6.92 Å². The Labute approximate surface area is 73.9 Å². The molecule has 1 atom stereocenters. The Morgan fingerprint density at radius 1 is 1.42 bits per heavy atom. The molecule has 2 nitrogen and oxygen atoms in total. The number of halogens is 1. The first-order chi connectivity index (χ1) is 5.77. The SMILES string of the molecule is CCNCC1(F)CCCNCC1. The summed E-state index contributed by atoms with van der Waals surface area (Å²) < 4.78 is 13.9. The highest BCUT2D eigenvalue weighted by molar-refractivity contribution is 4.84. The van der Waals surface area contributed by atoms with Gasteiger partial charge in [0.05, 0.1) is 0 Å². The van der Waals surface area contributed by atoms with E-state index in [0.29, 0.717) is 19.4 Å². The van der Waals surface area contributed by atoms with Crippen LogP contribution in [0.3, 0.4) is 0 Å². The Hall–Kier alpha value is -0.150. The van der Waals surface area contributed by atoms with Crippen LogP contribution >= 0.6 is 0 Å². The molecule has 0 radical (unpaired) electrons. The number of hydrogen-bond acceptors (Lipinski definition) is 2. The molecule has 1 unspecified atom stereocenters. The van der Waals surface area contributed by atoms with Crippen molar-refractivity contribution >= 4 is 0 Å². The predicted molar refractivity (Wildman–Crippen MR) is 49.1 cm³/mol. The van der Waals surface area contributed by atoms with Gasteiger partial charge in [0.1, 0.15) is 5.67 Å². The molecule has 12 heavy (non-hydrogen) atoms. The molecule has 0 aromatic carbocycles. The molecule has 1 rings (SSSR count). The zero-order chi connectivity index (χ0) is 8.86. The van der Waals surface area contributed by atoms with Crippen molar-refractivity contribution in [3.8, 4) is 0 Å². The van der Waals surface area contributed by atoms with Crippen LogP contribution in [0.4, 0.5) is 4.39 Å². The molecule has 0 spiro atoms. The fraction of sp³-hybridized carbons (Fsp3) is 1.00. The van der Waals surface area contributed by atoms with Crippen molar-refractivity contribution in [3.63, 3.8) is 0 Å². The Morgan fingerprint density at radius 3 is 3.00 bits per heavy atom. The topological polar surface area (TPSA) is 24.1 Å². The van der Waals surface area contributed by atoms with E-state index in [0.717, 1.165) is 26.1 Å². The maximum Gasteiger partial charge on any atom is 0.124 e. The van der Waals surface area contributed by atoms with Gasteiger partial charge in [-0.1, -0.05) is 6.92 Å². The molecule has 0 aliphatic carbocycles. The Bertz CT molecular complexity index is 120. The molecule has 1 saturated heterocycles. The van der Waals surface area contributed by atoms with Crippen molar-refractivity contribution in [1.82, 2.24) is 10.6 Å². The summed E-state index contributed by atoms with van der Waals surface area (Å²) in [4.78, 5) is 0. The molecular weight excluding hydrogens is 155 g/mol. The lowest BCUT2D eigenvalue weighted by molar-refractivity contribution is 0.142. The van der Waals surface area contributed by atoms with Gasteiger partial charge in [-0.3, -0.25) is 0 Å². The van der Waals surface area contributed by atoms with E-state index in [2.05, 4.69) is 10.6 Å². The van der Waals surface area contributed by atoms with Gasteiger partial charge in [-0.25, -0.2) is 4.39 Å². The van der Waals surface area contributed by atoms with E-state index in [9.17, 15) is 4.39 Å². The summed E-state index contributed by atoms with van der Waals surface area (Å²) >= 11 is 0. The van der Waals surface area contributed by atoms with Gasteiger partial charge in [0.2, 0.25) is 0 Å². The van der Waals surface area contributed by atoms with E-state index in [1.54, 1.807) is 0 Å². The van der Waals surface area contributed by atoms with Crippen molar-refractivity contribution in [2.45, 2.75) is 31.9 Å². The first-order valence-corrected chi connectivity index (χ1v) is 4.87. The fourth-order valence-electron chi connectivity index (χ4n) is 1.62. The van der Waals surface area contributed by atoms with Gasteiger partial charge in [-0.2, -0.15) is 0 Å². The van der Waals surface area contributed by atoms with Gasteiger partial charge >= 0.3 is 0 Å². The lowest BCUT2D eigenvalue weighted by atomic mass is 9.97. The van der Waals surface area contributed by atoms with Crippen LogP contribution in [0.5, 0.6) is 0 Å². The summed E-state index contributed by atoms with van der Waals surface area (Å²) in [5.41, 5.74) is -0.959. The molecule has 3 heteroatoms. The molecule has 72 valence electrons. The first-order valence-electron chi connectivity index (χ1n) is 4.87. The Balaban J connectivity index is 2.32. The van der Waals surface area contributed by atoms with Crippen molar-refractivity contribution < 1.29 is 4.39 Å². The molecule has 0 aromatic heterocycles. The first kappa shape index (κ1) is 9.93. The third-order valence-corrected chi connectivity index (χ3v) is 2.42. The van der Waals surface area contributed by atoms with Gasteiger partial charge in [-0.15, -0.1) is 0 Å². The minimum atomic E-state index is -0.959. The largest absolute Gasteiger partial charge is 0.317 e. The minimum Gasteiger partial charge on any atom is -0.317 e. The number of nitrogens with one attached hydrogen (secondary N) is 2. The van der Waals surface area contributed by atoms with Gasteiger partial charge in [-0.05, 0) is 38.9 Å². The number of rotatable bonds is 3. The summed E-state index contributed by atoms with van der Waals surface area (Å²) in [5, 5.41) is 6.29. The standard InChI is InChI=1S/C9H19FN2/c1-2-11-8-9(10)4-3-6-12-7-5-9/h11-12H,2-8H2,1H3. The Morgan fingerprint density at radius 2 is 2.25 bits per heavy atom. The zero-order valence-electron chi connectivity index (χ0n) is 7.83. The van der Waals surface area contributed by atoms with Gasteiger partial charge in [0.15, 0.2) is 0 Å².